The molecule has 2 amide bonds. The van der Waals surface area contributed by atoms with E-state index < -0.39 is 17.6 Å². The van der Waals surface area contributed by atoms with Crippen molar-refractivity contribution in [3.63, 3.8) is 0 Å². The first-order valence-electron chi connectivity index (χ1n) is 8.17. The highest BCUT2D eigenvalue weighted by atomic mass is 19.1. The number of hydrogen-bond donors (Lipinski definition) is 1. The van der Waals surface area contributed by atoms with Crippen LogP contribution in [0.1, 0.15) is 18.4 Å². The van der Waals surface area contributed by atoms with Gasteiger partial charge in [-0.3, -0.25) is 9.59 Å². The van der Waals surface area contributed by atoms with Gasteiger partial charge in [-0.15, -0.1) is 0 Å². The number of amides is 2. The minimum atomic E-state index is -0.610. The molecule has 2 fully saturated rings. The largest absolute Gasteiger partial charge is 0.347 e. The standard InChI is InChI=1S/C17H21FN2O4/c18-14-3-1-13(2-4-14)5-8-19-15(21)16(22)20-9-6-17(7-10-20)23-11-12-24-17/h1-4H,5-12H2,(H,19,21). The minimum absolute atomic E-state index is 0.295. The Balaban J connectivity index is 1.42. The summed E-state index contributed by atoms with van der Waals surface area (Å²) in [7, 11) is 0. The van der Waals surface area contributed by atoms with Gasteiger partial charge in [0.25, 0.3) is 0 Å². The molecule has 1 aromatic carbocycles. The van der Waals surface area contributed by atoms with Gasteiger partial charge in [0, 0.05) is 32.5 Å². The molecule has 0 atom stereocenters. The van der Waals surface area contributed by atoms with Crippen LogP contribution in [0.4, 0.5) is 4.39 Å². The maximum Gasteiger partial charge on any atom is 0.311 e. The van der Waals surface area contributed by atoms with Crippen molar-refractivity contribution in [3.8, 4) is 0 Å². The first-order valence-corrected chi connectivity index (χ1v) is 8.17. The van der Waals surface area contributed by atoms with Crippen molar-refractivity contribution in [2.45, 2.75) is 25.0 Å². The second kappa shape index (κ2) is 7.27. The van der Waals surface area contributed by atoms with Crippen LogP contribution < -0.4 is 5.32 Å². The van der Waals surface area contributed by atoms with Gasteiger partial charge in [0.05, 0.1) is 13.2 Å². The lowest BCUT2D eigenvalue weighted by molar-refractivity contribution is -0.188. The Kier molecular flexibility index (Phi) is 5.11. The van der Waals surface area contributed by atoms with E-state index in [1.54, 1.807) is 12.1 Å². The number of carbonyl (C=O) groups excluding carboxylic acids is 2. The van der Waals surface area contributed by atoms with Crippen LogP contribution in [0, 0.1) is 5.82 Å². The average molecular weight is 336 g/mol. The number of ether oxygens (including phenoxy) is 2. The van der Waals surface area contributed by atoms with Crippen molar-refractivity contribution < 1.29 is 23.5 Å². The topological polar surface area (TPSA) is 67.9 Å². The smallest absolute Gasteiger partial charge is 0.311 e. The van der Waals surface area contributed by atoms with E-state index in [1.807, 2.05) is 0 Å². The molecule has 1 N–H and O–H groups in total. The highest BCUT2D eigenvalue weighted by molar-refractivity contribution is 6.35. The van der Waals surface area contributed by atoms with Crippen molar-refractivity contribution in [2.24, 2.45) is 0 Å². The molecule has 6 nitrogen and oxygen atoms in total. The van der Waals surface area contributed by atoms with Crippen LogP contribution in [-0.2, 0) is 25.5 Å². The summed E-state index contributed by atoms with van der Waals surface area (Å²) in [5.74, 6) is -1.99. The number of piperidine rings is 1. The van der Waals surface area contributed by atoms with Crippen molar-refractivity contribution in [1.82, 2.24) is 10.2 Å². The Bertz CT molecular complexity index is 589. The fourth-order valence-electron chi connectivity index (χ4n) is 3.03. The first kappa shape index (κ1) is 16.9. The number of nitrogens with one attached hydrogen (secondary N) is 1. The summed E-state index contributed by atoms with van der Waals surface area (Å²) in [5, 5.41) is 2.62. The second-order valence-corrected chi connectivity index (χ2v) is 6.03. The van der Waals surface area contributed by atoms with E-state index in [4.69, 9.17) is 9.47 Å². The lowest BCUT2D eigenvalue weighted by atomic mass is 10.0. The van der Waals surface area contributed by atoms with Crippen molar-refractivity contribution in [3.05, 3.63) is 35.6 Å². The second-order valence-electron chi connectivity index (χ2n) is 6.03. The van der Waals surface area contributed by atoms with E-state index in [9.17, 15) is 14.0 Å². The zero-order valence-electron chi connectivity index (χ0n) is 13.4. The molecular weight excluding hydrogens is 315 g/mol. The van der Waals surface area contributed by atoms with E-state index in [0.29, 0.717) is 52.1 Å². The predicted molar refractivity (Wildman–Crippen MR) is 83.6 cm³/mol. The van der Waals surface area contributed by atoms with Crippen LogP contribution in [0.2, 0.25) is 0 Å². The maximum absolute atomic E-state index is 12.8. The predicted octanol–water partition coefficient (Wildman–Crippen LogP) is 0.850. The molecular formula is C17H21FN2O4. The quantitative estimate of drug-likeness (QED) is 0.831. The highest BCUT2D eigenvalue weighted by Gasteiger charge is 2.41. The van der Waals surface area contributed by atoms with Gasteiger partial charge in [-0.1, -0.05) is 12.1 Å². The third-order valence-corrected chi connectivity index (χ3v) is 4.43. The summed E-state index contributed by atoms with van der Waals surface area (Å²) in [6.45, 7) is 2.39. The lowest BCUT2D eigenvalue weighted by Gasteiger charge is -2.37. The number of nitrogens with zero attached hydrogens (tertiary/aromatic N) is 1. The Morgan fingerprint density at radius 3 is 2.38 bits per heavy atom. The van der Waals surface area contributed by atoms with E-state index in [-0.39, 0.29) is 5.82 Å². The summed E-state index contributed by atoms with van der Waals surface area (Å²) in [5.41, 5.74) is 0.902. The highest BCUT2D eigenvalue weighted by Crippen LogP contribution is 2.31. The van der Waals surface area contributed by atoms with Gasteiger partial charge in [0.15, 0.2) is 5.79 Å². The summed E-state index contributed by atoms with van der Waals surface area (Å²) >= 11 is 0. The molecule has 2 heterocycles. The van der Waals surface area contributed by atoms with Crippen molar-refractivity contribution >= 4 is 11.8 Å². The Morgan fingerprint density at radius 1 is 1.12 bits per heavy atom. The third kappa shape index (κ3) is 3.91. The van der Waals surface area contributed by atoms with Crippen LogP contribution in [0.15, 0.2) is 24.3 Å². The molecule has 0 radical (unpaired) electrons. The number of benzene rings is 1. The van der Waals surface area contributed by atoms with Crippen LogP contribution in [0.3, 0.4) is 0 Å². The molecule has 0 aromatic heterocycles. The van der Waals surface area contributed by atoms with Gasteiger partial charge in [-0.2, -0.15) is 0 Å². The minimum Gasteiger partial charge on any atom is -0.347 e. The van der Waals surface area contributed by atoms with E-state index in [0.717, 1.165) is 5.56 Å². The molecule has 1 spiro atoms. The molecule has 130 valence electrons. The summed E-state index contributed by atoms with van der Waals surface area (Å²) in [6.07, 6.45) is 1.72. The van der Waals surface area contributed by atoms with Crippen LogP contribution >= 0.6 is 0 Å². The summed E-state index contributed by atoms with van der Waals surface area (Å²) in [4.78, 5) is 25.7. The van der Waals surface area contributed by atoms with Gasteiger partial charge in [0.2, 0.25) is 0 Å². The molecule has 2 saturated heterocycles. The lowest BCUT2D eigenvalue weighted by Crippen LogP contribution is -2.51. The van der Waals surface area contributed by atoms with Crippen molar-refractivity contribution in [2.75, 3.05) is 32.8 Å². The van der Waals surface area contributed by atoms with Crippen LogP contribution in [0.5, 0.6) is 0 Å². The number of likely N-dealkylation sites (tertiary alicyclic amines) is 1. The fourth-order valence-corrected chi connectivity index (χ4v) is 3.03. The van der Waals surface area contributed by atoms with Crippen molar-refractivity contribution in [1.29, 1.82) is 0 Å². The number of hydrogen-bond acceptors (Lipinski definition) is 4. The van der Waals surface area contributed by atoms with Gasteiger partial charge in [-0.05, 0) is 24.1 Å². The van der Waals surface area contributed by atoms with Gasteiger partial charge in [0.1, 0.15) is 5.82 Å². The molecule has 7 heteroatoms. The number of halogens is 1. The van der Waals surface area contributed by atoms with Gasteiger partial charge < -0.3 is 19.7 Å². The Labute approximate surface area is 139 Å². The summed E-state index contributed by atoms with van der Waals surface area (Å²) < 4.78 is 24.0. The zero-order chi connectivity index (χ0) is 17.0. The van der Waals surface area contributed by atoms with E-state index in [1.165, 1.54) is 17.0 Å². The summed E-state index contributed by atoms with van der Waals surface area (Å²) in [6, 6.07) is 6.07. The first-order chi connectivity index (χ1) is 11.6. The molecule has 0 aliphatic carbocycles. The van der Waals surface area contributed by atoms with Gasteiger partial charge >= 0.3 is 11.8 Å². The average Bonchev–Trinajstić information content (AvgIpc) is 3.05. The molecule has 2 aliphatic rings. The SMILES string of the molecule is O=C(NCCc1ccc(F)cc1)C(=O)N1CCC2(CC1)OCCO2. The molecule has 3 rings (SSSR count). The molecule has 2 aliphatic heterocycles. The van der Waals surface area contributed by atoms with Gasteiger partial charge in [-0.25, -0.2) is 4.39 Å². The molecule has 1 aromatic rings. The molecule has 24 heavy (non-hydrogen) atoms. The monoisotopic (exact) mass is 336 g/mol. The third-order valence-electron chi connectivity index (χ3n) is 4.43. The molecule has 0 saturated carbocycles. The Morgan fingerprint density at radius 2 is 1.75 bits per heavy atom. The zero-order valence-corrected chi connectivity index (χ0v) is 13.4. The van der Waals surface area contributed by atoms with E-state index in [2.05, 4.69) is 5.32 Å². The van der Waals surface area contributed by atoms with Crippen LogP contribution in [0.25, 0.3) is 0 Å². The number of carbonyl (C=O) groups is 2. The molecule has 0 bridgehead atoms. The maximum atomic E-state index is 12.8. The molecule has 0 unspecified atom stereocenters. The van der Waals surface area contributed by atoms with E-state index >= 15 is 0 Å². The normalized spacial score (nSPS) is 19.5. The fraction of sp³-hybridized carbons (Fsp3) is 0.529. The van der Waals surface area contributed by atoms with Crippen LogP contribution in [-0.4, -0.2) is 55.3 Å². The number of rotatable bonds is 3. The Hall–Kier alpha value is -1.99.